The van der Waals surface area contributed by atoms with Crippen molar-refractivity contribution in [3.05, 3.63) is 68.7 Å². The Morgan fingerprint density at radius 1 is 0.667 bits per heavy atom. The number of thiophene rings is 4. The van der Waals surface area contributed by atoms with E-state index in [-0.39, 0.29) is 3.66 Å². The first-order valence-corrected chi connectivity index (χ1v) is 13.9. The predicted octanol–water partition coefficient (Wildman–Crippen LogP) is 9.89. The first kappa shape index (κ1) is 18.9. The molecule has 0 saturated heterocycles. The molecular weight excluding hydrogens is 560 g/mol. The van der Waals surface area contributed by atoms with Crippen LogP contribution in [-0.2, 0) is 3.66 Å². The van der Waals surface area contributed by atoms with E-state index >= 15 is 0 Å². The molecular formula is C20H12Br2S5. The highest BCUT2D eigenvalue weighted by atomic mass is 79.9. The van der Waals surface area contributed by atoms with Crippen molar-refractivity contribution >= 4 is 89.0 Å². The second-order valence-corrected chi connectivity index (χ2v) is 14.8. The Kier molecular flexibility index (Phi) is 5.30. The van der Waals surface area contributed by atoms with E-state index in [9.17, 15) is 0 Å². The van der Waals surface area contributed by atoms with Crippen LogP contribution in [0, 0.1) is 0 Å². The molecule has 5 rings (SSSR count). The van der Waals surface area contributed by atoms with Gasteiger partial charge in [-0.3, -0.25) is 0 Å². The van der Waals surface area contributed by atoms with Gasteiger partial charge >= 0.3 is 0 Å². The predicted molar refractivity (Wildman–Crippen MR) is 134 cm³/mol. The Hall–Kier alpha value is -0.150. The summed E-state index contributed by atoms with van der Waals surface area (Å²) in [6.07, 6.45) is 3.28. The molecule has 0 saturated carbocycles. The van der Waals surface area contributed by atoms with Gasteiger partial charge in [0.1, 0.15) is 3.66 Å². The van der Waals surface area contributed by atoms with Gasteiger partial charge in [0.15, 0.2) is 0 Å². The van der Waals surface area contributed by atoms with Gasteiger partial charge in [-0.2, -0.15) is 0 Å². The lowest BCUT2D eigenvalue weighted by molar-refractivity contribution is 0.959. The lowest BCUT2D eigenvalue weighted by atomic mass is 10.2. The Balaban J connectivity index is 1.41. The lowest BCUT2D eigenvalue weighted by Crippen LogP contribution is -2.05. The normalized spacial score (nSPS) is 19.2. The summed E-state index contributed by atoms with van der Waals surface area (Å²) in [5.41, 5.74) is 0. The third-order valence-corrected chi connectivity index (χ3v) is 12.6. The van der Waals surface area contributed by atoms with Crippen molar-refractivity contribution in [1.29, 1.82) is 0 Å². The van der Waals surface area contributed by atoms with Crippen molar-refractivity contribution < 1.29 is 0 Å². The number of allylic oxidation sites excluding steroid dienone is 1. The van der Waals surface area contributed by atoms with Crippen LogP contribution in [0.15, 0.2) is 63.8 Å². The topological polar surface area (TPSA) is 0 Å². The molecule has 0 amide bonds. The molecule has 7 heteroatoms. The molecule has 1 atom stereocenters. The van der Waals surface area contributed by atoms with Crippen molar-refractivity contribution in [3.8, 4) is 29.3 Å². The average Bonchev–Trinajstić information content (AvgIpc) is 3.43. The van der Waals surface area contributed by atoms with Gasteiger partial charge in [-0.05, 0) is 76.3 Å². The molecule has 0 nitrogen and oxygen atoms in total. The first-order valence-electron chi connectivity index (χ1n) is 8.19. The third-order valence-electron chi connectivity index (χ3n) is 4.22. The molecule has 0 fully saturated rings. The maximum absolute atomic E-state index is 3.92. The van der Waals surface area contributed by atoms with Gasteiger partial charge in [-0.1, -0.05) is 22.0 Å². The van der Waals surface area contributed by atoms with Gasteiger partial charge < -0.3 is 0 Å². The standard InChI is InChI=1S/C20H12Br2S5/c21-19-9-7-17(27-19)15-5-3-13(25-15)12-2-4-14(24-12)16-6-8-18(26-16)20(22)10-1-11-23-20/h1-9,11H,10H2. The highest BCUT2D eigenvalue weighted by molar-refractivity contribution is 9.11. The van der Waals surface area contributed by atoms with Crippen molar-refractivity contribution in [1.82, 2.24) is 0 Å². The van der Waals surface area contributed by atoms with Crippen molar-refractivity contribution in [2.45, 2.75) is 10.1 Å². The summed E-state index contributed by atoms with van der Waals surface area (Å²) >= 11 is 16.8. The fourth-order valence-electron chi connectivity index (χ4n) is 2.89. The largest absolute Gasteiger partial charge is 0.137 e. The second-order valence-electron chi connectivity index (χ2n) is 6.02. The molecule has 136 valence electrons. The Morgan fingerprint density at radius 2 is 1.19 bits per heavy atom. The maximum Gasteiger partial charge on any atom is 0.112 e. The van der Waals surface area contributed by atoms with E-state index in [1.165, 1.54) is 37.9 Å². The summed E-state index contributed by atoms with van der Waals surface area (Å²) in [5, 5.41) is 2.19. The second kappa shape index (κ2) is 7.59. The number of rotatable bonds is 4. The molecule has 0 spiro atoms. The number of alkyl halides is 1. The summed E-state index contributed by atoms with van der Waals surface area (Å²) in [6, 6.07) is 17.8. The van der Waals surface area contributed by atoms with Gasteiger partial charge in [0.25, 0.3) is 0 Å². The molecule has 4 aromatic rings. The molecule has 27 heavy (non-hydrogen) atoms. The van der Waals surface area contributed by atoms with E-state index in [1.807, 2.05) is 45.8 Å². The third kappa shape index (κ3) is 3.72. The van der Waals surface area contributed by atoms with Crippen LogP contribution in [0.2, 0.25) is 0 Å². The quantitative estimate of drug-likeness (QED) is 0.219. The molecule has 0 bridgehead atoms. The highest BCUT2D eigenvalue weighted by Crippen LogP contribution is 2.54. The minimum absolute atomic E-state index is 0.0354. The molecule has 1 unspecified atom stereocenters. The van der Waals surface area contributed by atoms with E-state index in [1.54, 1.807) is 11.3 Å². The highest BCUT2D eigenvalue weighted by Gasteiger charge is 2.32. The van der Waals surface area contributed by atoms with E-state index in [2.05, 4.69) is 91.9 Å². The van der Waals surface area contributed by atoms with Gasteiger partial charge in [0.2, 0.25) is 0 Å². The van der Waals surface area contributed by atoms with Gasteiger partial charge in [0, 0.05) is 34.1 Å². The summed E-state index contributed by atoms with van der Waals surface area (Å²) in [7, 11) is 0. The maximum atomic E-state index is 3.92. The molecule has 0 aliphatic carbocycles. The zero-order chi connectivity index (χ0) is 18.4. The fourth-order valence-corrected chi connectivity index (χ4v) is 9.49. The molecule has 0 N–H and O–H groups in total. The van der Waals surface area contributed by atoms with Crippen LogP contribution in [0.25, 0.3) is 29.3 Å². The van der Waals surface area contributed by atoms with Crippen LogP contribution in [0.5, 0.6) is 0 Å². The van der Waals surface area contributed by atoms with Crippen LogP contribution < -0.4 is 0 Å². The molecule has 0 radical (unpaired) electrons. The Labute approximate surface area is 195 Å². The van der Waals surface area contributed by atoms with E-state index in [0.29, 0.717) is 0 Å². The first-order chi connectivity index (χ1) is 13.1. The molecule has 0 aromatic carbocycles. The van der Waals surface area contributed by atoms with Gasteiger partial charge in [0.05, 0.1) is 3.79 Å². The van der Waals surface area contributed by atoms with Gasteiger partial charge in [-0.15, -0.1) is 57.1 Å². The van der Waals surface area contributed by atoms with Crippen molar-refractivity contribution in [3.63, 3.8) is 0 Å². The van der Waals surface area contributed by atoms with Crippen molar-refractivity contribution in [2.75, 3.05) is 0 Å². The van der Waals surface area contributed by atoms with Crippen LogP contribution in [-0.4, -0.2) is 0 Å². The summed E-state index contributed by atoms with van der Waals surface area (Å²) in [6.45, 7) is 0. The van der Waals surface area contributed by atoms with Crippen LogP contribution in [0.4, 0.5) is 0 Å². The van der Waals surface area contributed by atoms with E-state index in [4.69, 9.17) is 0 Å². The Bertz CT molecular complexity index is 1120. The van der Waals surface area contributed by atoms with Crippen LogP contribution >= 0.6 is 89.0 Å². The molecule has 5 heterocycles. The summed E-state index contributed by atoms with van der Waals surface area (Å²) in [4.78, 5) is 9.44. The zero-order valence-electron chi connectivity index (χ0n) is 13.8. The number of thioether (sulfide) groups is 1. The summed E-state index contributed by atoms with van der Waals surface area (Å²) < 4.78 is 1.22. The zero-order valence-corrected chi connectivity index (χ0v) is 21.0. The number of hydrogen-bond acceptors (Lipinski definition) is 5. The average molecular weight is 572 g/mol. The minimum Gasteiger partial charge on any atom is -0.137 e. The fraction of sp³-hybridized carbons (Fsp3) is 0.100. The van der Waals surface area contributed by atoms with Crippen molar-refractivity contribution in [2.24, 2.45) is 0 Å². The molecule has 4 aromatic heterocycles. The Morgan fingerprint density at radius 3 is 1.70 bits per heavy atom. The lowest BCUT2D eigenvalue weighted by Gasteiger charge is -2.17. The number of hydrogen-bond donors (Lipinski definition) is 0. The monoisotopic (exact) mass is 570 g/mol. The van der Waals surface area contributed by atoms with Crippen LogP contribution in [0.1, 0.15) is 11.3 Å². The van der Waals surface area contributed by atoms with Gasteiger partial charge in [-0.25, -0.2) is 0 Å². The molecule has 1 aliphatic heterocycles. The minimum atomic E-state index is 0.0354. The summed E-state index contributed by atoms with van der Waals surface area (Å²) in [5.74, 6) is 0. The smallest absolute Gasteiger partial charge is 0.112 e. The molecule has 1 aliphatic rings. The van der Waals surface area contributed by atoms with E-state index < -0.39 is 0 Å². The number of halogens is 2. The van der Waals surface area contributed by atoms with Crippen LogP contribution in [0.3, 0.4) is 0 Å². The van der Waals surface area contributed by atoms with E-state index in [0.717, 1.165) is 6.42 Å². The SMILES string of the molecule is Brc1ccc(-c2ccc(-c3ccc(-c4ccc(C5(Br)CC=CS5)s4)s3)s2)s1.